The first-order valence-corrected chi connectivity index (χ1v) is 6.87. The summed E-state index contributed by atoms with van der Waals surface area (Å²) in [5.74, 6) is 0.135. The molecule has 0 atom stereocenters. The van der Waals surface area contributed by atoms with E-state index in [0.29, 0.717) is 11.6 Å². The fourth-order valence-corrected chi connectivity index (χ4v) is 2.80. The average molecular weight is 270 g/mol. The van der Waals surface area contributed by atoms with Crippen molar-refractivity contribution in [2.24, 2.45) is 0 Å². The van der Waals surface area contributed by atoms with E-state index in [9.17, 15) is 10.2 Å². The number of aliphatic hydroxyl groups is 1. The molecule has 18 heavy (non-hydrogen) atoms. The van der Waals surface area contributed by atoms with Crippen LogP contribution in [-0.2, 0) is 6.54 Å². The van der Waals surface area contributed by atoms with Gasteiger partial charge in [0, 0.05) is 17.6 Å². The fraction of sp³-hybridized carbons (Fsp3) is 0.571. The smallest absolute Gasteiger partial charge is 0.138 e. The van der Waals surface area contributed by atoms with Crippen LogP contribution >= 0.6 is 11.6 Å². The van der Waals surface area contributed by atoms with Gasteiger partial charge in [-0.15, -0.1) is 0 Å². The van der Waals surface area contributed by atoms with Gasteiger partial charge >= 0.3 is 0 Å². The molecule has 0 spiro atoms. The van der Waals surface area contributed by atoms with Crippen molar-refractivity contribution in [2.45, 2.75) is 44.2 Å². The maximum atomic E-state index is 9.85. The van der Waals surface area contributed by atoms with Gasteiger partial charge in [0.15, 0.2) is 0 Å². The van der Waals surface area contributed by atoms with Crippen LogP contribution in [0.15, 0.2) is 18.2 Å². The maximum absolute atomic E-state index is 9.85. The highest BCUT2D eigenvalue weighted by Crippen LogP contribution is 2.30. The Labute approximate surface area is 113 Å². The highest BCUT2D eigenvalue weighted by Gasteiger charge is 2.30. The van der Waals surface area contributed by atoms with Gasteiger partial charge in [0.1, 0.15) is 5.75 Å². The van der Waals surface area contributed by atoms with Crippen molar-refractivity contribution >= 4 is 11.6 Å². The summed E-state index contributed by atoms with van der Waals surface area (Å²) in [6, 6.07) is 5.34. The third kappa shape index (κ3) is 2.97. The fourth-order valence-electron chi connectivity index (χ4n) is 2.60. The zero-order chi connectivity index (χ0) is 13.0. The molecule has 0 aliphatic heterocycles. The predicted molar refractivity (Wildman–Crippen MR) is 72.9 cm³/mol. The van der Waals surface area contributed by atoms with Crippen LogP contribution in [0.3, 0.4) is 0 Å². The molecular weight excluding hydrogens is 250 g/mol. The minimum atomic E-state index is -0.187. The zero-order valence-corrected chi connectivity index (χ0v) is 11.2. The molecule has 3 N–H and O–H groups in total. The topological polar surface area (TPSA) is 52.5 Å². The Morgan fingerprint density at radius 2 is 1.94 bits per heavy atom. The quantitative estimate of drug-likeness (QED) is 0.788. The van der Waals surface area contributed by atoms with Gasteiger partial charge in [0.25, 0.3) is 0 Å². The third-order valence-corrected chi connectivity index (χ3v) is 4.14. The third-order valence-electron chi connectivity index (χ3n) is 3.84. The number of hydrogen-bond donors (Lipinski definition) is 3. The number of aliphatic hydroxyl groups excluding tert-OH is 1. The van der Waals surface area contributed by atoms with E-state index in [4.69, 9.17) is 11.6 Å². The Bertz CT molecular complexity index is 403. The molecule has 1 aromatic rings. The summed E-state index contributed by atoms with van der Waals surface area (Å²) < 4.78 is 0. The van der Waals surface area contributed by atoms with E-state index in [-0.39, 0.29) is 17.9 Å². The van der Waals surface area contributed by atoms with Crippen molar-refractivity contribution in [1.82, 2.24) is 5.32 Å². The number of benzene rings is 1. The van der Waals surface area contributed by atoms with Gasteiger partial charge in [0.05, 0.1) is 11.6 Å². The molecule has 1 aliphatic carbocycles. The summed E-state index contributed by atoms with van der Waals surface area (Å²) in [6.45, 7) is 0.682. The number of phenolic OH excluding ortho intramolecular Hbond substituents is 1. The highest BCUT2D eigenvalue weighted by molar-refractivity contribution is 6.32. The van der Waals surface area contributed by atoms with Crippen LogP contribution in [0.2, 0.25) is 5.02 Å². The standard InChI is InChI=1S/C14H20ClNO2/c15-12-6-4-5-11(13(12)18)9-16-14(10-17)7-2-1-3-8-14/h4-6,16-18H,1-3,7-10H2. The number of rotatable bonds is 4. The lowest BCUT2D eigenvalue weighted by Gasteiger charge is -2.36. The van der Waals surface area contributed by atoms with E-state index in [1.54, 1.807) is 6.07 Å². The Hall–Kier alpha value is -0.770. The summed E-state index contributed by atoms with van der Waals surface area (Å²) in [6.07, 6.45) is 5.52. The molecule has 0 bridgehead atoms. The zero-order valence-electron chi connectivity index (χ0n) is 10.5. The van der Waals surface area contributed by atoms with Crippen LogP contribution in [0.4, 0.5) is 0 Å². The van der Waals surface area contributed by atoms with Gasteiger partial charge in [-0.3, -0.25) is 0 Å². The largest absolute Gasteiger partial charge is 0.506 e. The van der Waals surface area contributed by atoms with Crippen LogP contribution in [0.5, 0.6) is 5.75 Å². The van der Waals surface area contributed by atoms with Crippen LogP contribution < -0.4 is 5.32 Å². The minimum absolute atomic E-state index is 0.135. The van der Waals surface area contributed by atoms with Crippen molar-refractivity contribution in [3.05, 3.63) is 28.8 Å². The summed E-state index contributed by atoms with van der Waals surface area (Å²) in [4.78, 5) is 0. The van der Waals surface area contributed by atoms with Crippen molar-refractivity contribution in [3.63, 3.8) is 0 Å². The van der Waals surface area contributed by atoms with Gasteiger partial charge in [-0.05, 0) is 18.9 Å². The second-order valence-electron chi connectivity index (χ2n) is 5.10. The van der Waals surface area contributed by atoms with Crippen LogP contribution in [0.1, 0.15) is 37.7 Å². The predicted octanol–water partition coefficient (Wildman–Crippen LogP) is 2.83. The van der Waals surface area contributed by atoms with Crippen LogP contribution in [0, 0.1) is 0 Å². The lowest BCUT2D eigenvalue weighted by atomic mass is 9.82. The lowest BCUT2D eigenvalue weighted by molar-refractivity contribution is 0.119. The first-order valence-electron chi connectivity index (χ1n) is 6.49. The van der Waals surface area contributed by atoms with Crippen molar-refractivity contribution in [2.75, 3.05) is 6.61 Å². The van der Waals surface area contributed by atoms with Gasteiger partial charge < -0.3 is 15.5 Å². The van der Waals surface area contributed by atoms with Gasteiger partial charge in [0.2, 0.25) is 0 Å². The monoisotopic (exact) mass is 269 g/mol. The molecule has 0 heterocycles. The number of halogens is 1. The number of phenols is 1. The Morgan fingerprint density at radius 3 is 2.61 bits per heavy atom. The van der Waals surface area contributed by atoms with E-state index in [0.717, 1.165) is 31.2 Å². The first-order chi connectivity index (χ1) is 8.67. The lowest BCUT2D eigenvalue weighted by Crippen LogP contribution is -2.49. The average Bonchev–Trinajstić information content (AvgIpc) is 2.41. The molecule has 100 valence electrons. The number of hydrogen-bond acceptors (Lipinski definition) is 3. The molecular formula is C14H20ClNO2. The normalized spacial score (nSPS) is 18.8. The van der Waals surface area contributed by atoms with E-state index >= 15 is 0 Å². The molecule has 0 amide bonds. The molecule has 0 aromatic heterocycles. The number of aromatic hydroxyl groups is 1. The molecule has 3 nitrogen and oxygen atoms in total. The first kappa shape index (κ1) is 13.7. The van der Waals surface area contributed by atoms with Gasteiger partial charge in [-0.2, -0.15) is 0 Å². The summed E-state index contributed by atoms with van der Waals surface area (Å²) in [5, 5.41) is 23.2. The molecule has 4 heteroatoms. The molecule has 0 saturated heterocycles. The summed E-state index contributed by atoms with van der Waals surface area (Å²) in [5.41, 5.74) is 0.591. The molecule has 1 fully saturated rings. The SMILES string of the molecule is OCC1(NCc2cccc(Cl)c2O)CCCCC1. The summed E-state index contributed by atoms with van der Waals surface area (Å²) >= 11 is 5.88. The Balaban J connectivity index is 2.03. The maximum Gasteiger partial charge on any atom is 0.138 e. The molecule has 1 saturated carbocycles. The van der Waals surface area contributed by atoms with Gasteiger partial charge in [-0.1, -0.05) is 43.0 Å². The van der Waals surface area contributed by atoms with Gasteiger partial charge in [-0.25, -0.2) is 0 Å². The molecule has 1 aliphatic rings. The Morgan fingerprint density at radius 1 is 1.22 bits per heavy atom. The Kier molecular flexibility index (Phi) is 4.49. The van der Waals surface area contributed by atoms with Crippen molar-refractivity contribution in [1.29, 1.82) is 0 Å². The van der Waals surface area contributed by atoms with E-state index < -0.39 is 0 Å². The second kappa shape index (κ2) is 5.91. The second-order valence-corrected chi connectivity index (χ2v) is 5.51. The van der Waals surface area contributed by atoms with Crippen LogP contribution in [0.25, 0.3) is 0 Å². The summed E-state index contributed by atoms with van der Waals surface area (Å²) in [7, 11) is 0. The molecule has 0 radical (unpaired) electrons. The highest BCUT2D eigenvalue weighted by atomic mass is 35.5. The van der Waals surface area contributed by atoms with E-state index in [2.05, 4.69) is 5.32 Å². The minimum Gasteiger partial charge on any atom is -0.506 e. The van der Waals surface area contributed by atoms with E-state index in [1.165, 1.54) is 6.42 Å². The van der Waals surface area contributed by atoms with Crippen molar-refractivity contribution < 1.29 is 10.2 Å². The van der Waals surface area contributed by atoms with Crippen LogP contribution in [-0.4, -0.2) is 22.4 Å². The van der Waals surface area contributed by atoms with Crippen molar-refractivity contribution in [3.8, 4) is 5.75 Å². The molecule has 1 aromatic carbocycles. The molecule has 0 unspecified atom stereocenters. The van der Waals surface area contributed by atoms with E-state index in [1.807, 2.05) is 12.1 Å². The number of para-hydroxylation sites is 1. The number of nitrogens with one attached hydrogen (secondary N) is 1. The molecule has 2 rings (SSSR count).